The zero-order chi connectivity index (χ0) is 8.43. The molecule has 7 heteroatoms. The van der Waals surface area contributed by atoms with Crippen LogP contribution >= 0.6 is 0 Å². The van der Waals surface area contributed by atoms with Crippen molar-refractivity contribution < 1.29 is 14.3 Å². The molecule has 0 bridgehead atoms. The van der Waals surface area contributed by atoms with Crippen LogP contribution in [0.25, 0.3) is 0 Å². The van der Waals surface area contributed by atoms with E-state index < -0.39 is 21.6 Å². The summed E-state index contributed by atoms with van der Waals surface area (Å²) in [5.74, 6) is -1.26. The number of nitrogens with zero attached hydrogens (tertiary/aromatic N) is 2. The topological polar surface area (TPSA) is 99.4 Å². The third kappa shape index (κ3) is 1.31. The maximum atomic E-state index is 9.93. The van der Waals surface area contributed by atoms with Crippen molar-refractivity contribution in [1.82, 2.24) is 0 Å². The molecule has 0 spiro atoms. The van der Waals surface area contributed by atoms with Gasteiger partial charge in [-0.05, 0) is 0 Å². The molecule has 0 N–H and O–H groups in total. The molecule has 0 aliphatic carbocycles. The summed E-state index contributed by atoms with van der Waals surface area (Å²) in [5, 5.41) is 19.9. The summed E-state index contributed by atoms with van der Waals surface area (Å²) in [4.78, 5) is 18.2. The van der Waals surface area contributed by atoms with Crippen LogP contribution in [0.5, 0.6) is 0 Å². The summed E-state index contributed by atoms with van der Waals surface area (Å²) in [5.41, 5.74) is 0. The van der Waals surface area contributed by atoms with Gasteiger partial charge in [-0.15, -0.1) is 0 Å². The Morgan fingerprint density at radius 3 is 1.64 bits per heavy atom. The molecule has 1 rings (SSSR count). The molecule has 0 saturated carbocycles. The van der Waals surface area contributed by atoms with E-state index in [4.69, 9.17) is 0 Å². The molecule has 0 aliphatic rings. The molecule has 7 nitrogen and oxygen atoms in total. The summed E-state index contributed by atoms with van der Waals surface area (Å²) >= 11 is 0. The lowest BCUT2D eigenvalue weighted by molar-refractivity contribution is -0.424. The summed E-state index contributed by atoms with van der Waals surface area (Å²) < 4.78 is 4.21. The van der Waals surface area contributed by atoms with Crippen LogP contribution in [0.4, 0.5) is 11.8 Å². The Kier molecular flexibility index (Phi) is 1.55. The molecule has 1 heterocycles. The quantitative estimate of drug-likeness (QED) is 0.473. The Labute approximate surface area is 59.5 Å². The van der Waals surface area contributed by atoms with E-state index in [2.05, 4.69) is 4.42 Å². The minimum atomic E-state index is -0.840. The Morgan fingerprint density at radius 1 is 1.09 bits per heavy atom. The van der Waals surface area contributed by atoms with E-state index in [1.54, 1.807) is 0 Å². The average molecular weight is 158 g/mol. The molecular formula is C4H2N2O5. The molecule has 0 radical (unpaired) electrons. The zero-order valence-electron chi connectivity index (χ0n) is 5.09. The molecule has 0 fully saturated rings. The monoisotopic (exact) mass is 158 g/mol. The highest BCUT2D eigenvalue weighted by Gasteiger charge is 2.18. The number of hydrogen-bond donors (Lipinski definition) is 0. The Balaban J connectivity index is 2.99. The fraction of sp³-hybridized carbons (Fsp3) is 0. The SMILES string of the molecule is O=[N+]([O-])c1ccc([N+](=O)[O-])o1. The van der Waals surface area contributed by atoms with Gasteiger partial charge < -0.3 is 4.42 Å². The predicted octanol–water partition coefficient (Wildman–Crippen LogP) is 1.10. The van der Waals surface area contributed by atoms with Crippen molar-refractivity contribution in [2.45, 2.75) is 0 Å². The van der Waals surface area contributed by atoms with E-state index in [1.807, 2.05) is 0 Å². The first-order chi connectivity index (χ1) is 5.11. The van der Waals surface area contributed by atoms with Crippen LogP contribution in [0, 0.1) is 20.2 Å². The van der Waals surface area contributed by atoms with Gasteiger partial charge in [-0.2, -0.15) is 0 Å². The van der Waals surface area contributed by atoms with Gasteiger partial charge in [0.15, 0.2) is 0 Å². The van der Waals surface area contributed by atoms with E-state index in [9.17, 15) is 20.2 Å². The van der Waals surface area contributed by atoms with Gasteiger partial charge in [0.25, 0.3) is 0 Å². The third-order valence-corrected chi connectivity index (χ3v) is 0.938. The van der Waals surface area contributed by atoms with Crippen LogP contribution in [-0.2, 0) is 0 Å². The van der Waals surface area contributed by atoms with Crippen molar-refractivity contribution in [3.05, 3.63) is 32.4 Å². The number of furan rings is 1. The Morgan fingerprint density at radius 2 is 1.45 bits per heavy atom. The molecule has 0 atom stereocenters. The van der Waals surface area contributed by atoms with E-state index in [-0.39, 0.29) is 0 Å². The summed E-state index contributed by atoms with van der Waals surface area (Å²) in [6.45, 7) is 0. The predicted molar refractivity (Wildman–Crippen MR) is 32.0 cm³/mol. The van der Waals surface area contributed by atoms with Crippen LogP contribution < -0.4 is 0 Å². The van der Waals surface area contributed by atoms with Crippen molar-refractivity contribution in [3.8, 4) is 0 Å². The van der Waals surface area contributed by atoms with Gasteiger partial charge in [0.2, 0.25) is 0 Å². The highest BCUT2D eigenvalue weighted by Crippen LogP contribution is 2.20. The Bertz CT molecular complexity index is 275. The fourth-order valence-electron chi connectivity index (χ4n) is 0.514. The summed E-state index contributed by atoms with van der Waals surface area (Å²) in [7, 11) is 0. The Hall–Kier alpha value is -1.92. The van der Waals surface area contributed by atoms with E-state index in [0.717, 1.165) is 12.1 Å². The van der Waals surface area contributed by atoms with Crippen molar-refractivity contribution in [3.63, 3.8) is 0 Å². The van der Waals surface area contributed by atoms with Gasteiger partial charge in [0.1, 0.15) is 9.85 Å². The maximum Gasteiger partial charge on any atom is 0.438 e. The molecule has 1 aromatic rings. The standard InChI is InChI=1S/C4H2N2O5/c7-5(8)3-1-2-4(11-3)6(9)10/h1-2H. The highest BCUT2D eigenvalue weighted by atomic mass is 16.7. The molecule has 0 aromatic carbocycles. The molecule has 11 heavy (non-hydrogen) atoms. The second kappa shape index (κ2) is 2.37. The molecular weight excluding hydrogens is 156 g/mol. The lowest BCUT2D eigenvalue weighted by Gasteiger charge is -1.80. The van der Waals surface area contributed by atoms with Gasteiger partial charge >= 0.3 is 11.8 Å². The molecule has 0 unspecified atom stereocenters. The molecule has 58 valence electrons. The lowest BCUT2D eigenvalue weighted by Crippen LogP contribution is -1.85. The minimum Gasteiger partial charge on any atom is -0.340 e. The molecule has 0 saturated heterocycles. The van der Waals surface area contributed by atoms with Crippen LogP contribution in [-0.4, -0.2) is 9.85 Å². The van der Waals surface area contributed by atoms with Crippen LogP contribution in [0.1, 0.15) is 0 Å². The van der Waals surface area contributed by atoms with Gasteiger partial charge in [-0.3, -0.25) is 20.2 Å². The minimum absolute atomic E-state index is 0.628. The van der Waals surface area contributed by atoms with Crippen molar-refractivity contribution in [2.75, 3.05) is 0 Å². The highest BCUT2D eigenvalue weighted by molar-refractivity contribution is 5.25. The van der Waals surface area contributed by atoms with E-state index in [1.165, 1.54) is 0 Å². The van der Waals surface area contributed by atoms with Gasteiger partial charge in [-0.25, -0.2) is 0 Å². The summed E-state index contributed by atoms with van der Waals surface area (Å²) in [6, 6.07) is 1.86. The maximum absolute atomic E-state index is 9.93. The fourth-order valence-corrected chi connectivity index (χ4v) is 0.514. The molecule has 0 amide bonds. The number of hydrogen-bond acceptors (Lipinski definition) is 5. The number of rotatable bonds is 2. The van der Waals surface area contributed by atoms with Crippen molar-refractivity contribution >= 4 is 11.8 Å². The van der Waals surface area contributed by atoms with E-state index >= 15 is 0 Å². The van der Waals surface area contributed by atoms with Gasteiger partial charge in [-0.1, -0.05) is 0 Å². The average Bonchev–Trinajstić information content (AvgIpc) is 2.33. The third-order valence-electron chi connectivity index (χ3n) is 0.938. The number of nitro groups is 2. The first-order valence-electron chi connectivity index (χ1n) is 2.50. The molecule has 0 aliphatic heterocycles. The second-order valence-corrected chi connectivity index (χ2v) is 1.63. The van der Waals surface area contributed by atoms with Crippen molar-refractivity contribution in [2.24, 2.45) is 0 Å². The zero-order valence-corrected chi connectivity index (χ0v) is 5.09. The second-order valence-electron chi connectivity index (χ2n) is 1.63. The first kappa shape index (κ1) is 7.19. The lowest BCUT2D eigenvalue weighted by atomic mass is 10.6. The molecule has 1 aromatic heterocycles. The van der Waals surface area contributed by atoms with Crippen molar-refractivity contribution in [1.29, 1.82) is 0 Å². The van der Waals surface area contributed by atoms with Crippen LogP contribution in [0.15, 0.2) is 16.5 Å². The smallest absolute Gasteiger partial charge is 0.340 e. The van der Waals surface area contributed by atoms with E-state index in [0.29, 0.717) is 0 Å². The first-order valence-corrected chi connectivity index (χ1v) is 2.50. The normalized spacial score (nSPS) is 9.45. The van der Waals surface area contributed by atoms with Crippen LogP contribution in [0.2, 0.25) is 0 Å². The van der Waals surface area contributed by atoms with Gasteiger partial charge in [0.05, 0.1) is 12.1 Å². The largest absolute Gasteiger partial charge is 0.438 e. The van der Waals surface area contributed by atoms with Gasteiger partial charge in [0, 0.05) is 0 Å². The van der Waals surface area contributed by atoms with Crippen LogP contribution in [0.3, 0.4) is 0 Å². The summed E-state index contributed by atoms with van der Waals surface area (Å²) in [6.07, 6.45) is 0.